The van der Waals surface area contributed by atoms with Crippen molar-refractivity contribution in [2.24, 2.45) is 5.92 Å². The molecule has 0 aliphatic carbocycles. The first-order valence-electron chi connectivity index (χ1n) is 4.53. The third-order valence-corrected chi connectivity index (χ3v) is 1.31. The van der Waals surface area contributed by atoms with Gasteiger partial charge in [-0.25, -0.2) is 0 Å². The average molecular weight is 154 g/mol. The summed E-state index contributed by atoms with van der Waals surface area (Å²) < 4.78 is 0. The van der Waals surface area contributed by atoms with Crippen LogP contribution in [0.2, 0.25) is 0 Å². The molecule has 0 heterocycles. The summed E-state index contributed by atoms with van der Waals surface area (Å²) in [4.78, 5) is 0. The summed E-state index contributed by atoms with van der Waals surface area (Å²) in [7, 11) is 0. The summed E-state index contributed by atoms with van der Waals surface area (Å²) in [5.74, 6) is 0.591. The first kappa shape index (κ1) is 13.1. The molecule has 0 aliphatic heterocycles. The van der Waals surface area contributed by atoms with Gasteiger partial charge in [0, 0.05) is 0 Å². The number of rotatable bonds is 3. The molecule has 0 aromatic heterocycles. The van der Waals surface area contributed by atoms with Gasteiger partial charge in [0.15, 0.2) is 0 Å². The van der Waals surface area contributed by atoms with E-state index in [1.807, 2.05) is 13.8 Å². The normalized spacial score (nSPS) is 9.64. The molecule has 11 heavy (non-hydrogen) atoms. The van der Waals surface area contributed by atoms with Gasteiger partial charge in [0.2, 0.25) is 0 Å². The molecule has 0 saturated carbocycles. The van der Waals surface area contributed by atoms with Gasteiger partial charge < -0.3 is 0 Å². The van der Waals surface area contributed by atoms with Gasteiger partial charge in [-0.2, -0.15) is 0 Å². The molecule has 0 radical (unpaired) electrons. The van der Waals surface area contributed by atoms with Gasteiger partial charge in [0.1, 0.15) is 0 Å². The van der Waals surface area contributed by atoms with Crippen molar-refractivity contribution in [2.45, 2.75) is 41.0 Å². The van der Waals surface area contributed by atoms with E-state index in [9.17, 15) is 0 Å². The van der Waals surface area contributed by atoms with Crippen LogP contribution in [0.25, 0.3) is 0 Å². The van der Waals surface area contributed by atoms with Gasteiger partial charge >= 0.3 is 0 Å². The molecule has 0 nitrogen and oxygen atoms in total. The molecule has 0 amide bonds. The van der Waals surface area contributed by atoms with Gasteiger partial charge in [-0.1, -0.05) is 58.9 Å². The van der Waals surface area contributed by atoms with Crippen LogP contribution in [0.5, 0.6) is 0 Å². The molecule has 0 bridgehead atoms. The SMILES string of the molecule is C=C(/C=C\CC)C(C)C.CC. The van der Waals surface area contributed by atoms with Gasteiger partial charge in [0.25, 0.3) is 0 Å². The maximum absolute atomic E-state index is 3.90. The largest absolute Gasteiger partial charge is 0.0956 e. The van der Waals surface area contributed by atoms with Crippen LogP contribution in [0.4, 0.5) is 0 Å². The Hall–Kier alpha value is -0.520. The van der Waals surface area contributed by atoms with Crippen LogP contribution in [0.15, 0.2) is 24.3 Å². The molecule has 0 unspecified atom stereocenters. The van der Waals surface area contributed by atoms with E-state index in [-0.39, 0.29) is 0 Å². The minimum absolute atomic E-state index is 0.591. The Morgan fingerprint density at radius 3 is 2.09 bits per heavy atom. The molecule has 0 spiro atoms. The smallest absolute Gasteiger partial charge is 0.0225 e. The Kier molecular flexibility index (Phi) is 11.3. The highest BCUT2D eigenvalue weighted by Gasteiger charge is 1.92. The second-order valence-electron chi connectivity index (χ2n) is 2.54. The molecule has 0 aromatic rings. The summed E-state index contributed by atoms with van der Waals surface area (Å²) in [5.41, 5.74) is 1.22. The van der Waals surface area contributed by atoms with Gasteiger partial charge in [-0.3, -0.25) is 0 Å². The first-order chi connectivity index (χ1) is 5.18. The Labute approximate surface area is 72.0 Å². The first-order valence-corrected chi connectivity index (χ1v) is 4.53. The van der Waals surface area contributed by atoms with Crippen LogP contribution >= 0.6 is 0 Å². The van der Waals surface area contributed by atoms with Crippen molar-refractivity contribution in [1.82, 2.24) is 0 Å². The maximum atomic E-state index is 3.90. The van der Waals surface area contributed by atoms with E-state index in [1.165, 1.54) is 5.57 Å². The molecule has 0 fully saturated rings. The zero-order valence-corrected chi connectivity index (χ0v) is 8.65. The van der Waals surface area contributed by atoms with Gasteiger partial charge in [0.05, 0.1) is 0 Å². The Bertz CT molecular complexity index is 107. The molecule has 0 saturated heterocycles. The number of allylic oxidation sites excluding steroid dienone is 3. The van der Waals surface area contributed by atoms with Crippen molar-refractivity contribution >= 4 is 0 Å². The standard InChI is InChI=1S/C9H16.C2H6/c1-5-6-7-9(4)8(2)3;1-2/h6-8H,4-5H2,1-3H3;1-2H3/b7-6-;. The molecular formula is C11H22. The predicted molar refractivity (Wildman–Crippen MR) is 54.8 cm³/mol. The van der Waals surface area contributed by atoms with Crippen molar-refractivity contribution < 1.29 is 0 Å². The number of hydrogen-bond acceptors (Lipinski definition) is 0. The lowest BCUT2D eigenvalue weighted by atomic mass is 10.1. The van der Waals surface area contributed by atoms with Crippen LogP contribution in [-0.2, 0) is 0 Å². The van der Waals surface area contributed by atoms with Crippen molar-refractivity contribution in [2.75, 3.05) is 0 Å². The summed E-state index contributed by atoms with van der Waals surface area (Å²) in [6.45, 7) is 14.3. The van der Waals surface area contributed by atoms with E-state index in [2.05, 4.69) is 39.5 Å². The van der Waals surface area contributed by atoms with Crippen molar-refractivity contribution in [3.8, 4) is 0 Å². The van der Waals surface area contributed by atoms with E-state index >= 15 is 0 Å². The molecule has 0 atom stereocenters. The average Bonchev–Trinajstić information content (AvgIpc) is 2.03. The lowest BCUT2D eigenvalue weighted by molar-refractivity contribution is 0.794. The zero-order chi connectivity index (χ0) is 9.28. The molecule has 0 aromatic carbocycles. The van der Waals surface area contributed by atoms with Crippen molar-refractivity contribution in [3.05, 3.63) is 24.3 Å². The fourth-order valence-corrected chi connectivity index (χ4v) is 0.462. The van der Waals surface area contributed by atoms with Gasteiger partial charge in [-0.05, 0) is 12.3 Å². The number of hydrogen-bond donors (Lipinski definition) is 0. The second kappa shape index (κ2) is 9.48. The molecule has 0 aliphatic rings. The molecular weight excluding hydrogens is 132 g/mol. The molecule has 0 N–H and O–H groups in total. The van der Waals surface area contributed by atoms with Crippen LogP contribution in [0, 0.1) is 5.92 Å². The minimum atomic E-state index is 0.591. The highest BCUT2D eigenvalue weighted by molar-refractivity contribution is 5.15. The topological polar surface area (TPSA) is 0 Å². The van der Waals surface area contributed by atoms with E-state index in [0.29, 0.717) is 5.92 Å². The Morgan fingerprint density at radius 1 is 1.36 bits per heavy atom. The van der Waals surface area contributed by atoms with Gasteiger partial charge in [-0.15, -0.1) is 0 Å². The van der Waals surface area contributed by atoms with Crippen LogP contribution in [-0.4, -0.2) is 0 Å². The third kappa shape index (κ3) is 9.48. The fraction of sp³-hybridized carbons (Fsp3) is 0.636. The molecule has 0 heteroatoms. The third-order valence-electron chi connectivity index (χ3n) is 1.31. The Morgan fingerprint density at radius 2 is 1.82 bits per heavy atom. The van der Waals surface area contributed by atoms with Crippen molar-refractivity contribution in [3.63, 3.8) is 0 Å². The monoisotopic (exact) mass is 154 g/mol. The van der Waals surface area contributed by atoms with E-state index in [1.54, 1.807) is 0 Å². The van der Waals surface area contributed by atoms with E-state index < -0.39 is 0 Å². The zero-order valence-electron chi connectivity index (χ0n) is 8.65. The van der Waals surface area contributed by atoms with Crippen molar-refractivity contribution in [1.29, 1.82) is 0 Å². The summed E-state index contributed by atoms with van der Waals surface area (Å²) in [6, 6.07) is 0. The fourth-order valence-electron chi connectivity index (χ4n) is 0.462. The predicted octanol–water partition coefficient (Wildman–Crippen LogP) is 4.19. The lowest BCUT2D eigenvalue weighted by Crippen LogP contribution is -1.86. The van der Waals surface area contributed by atoms with Crippen LogP contribution < -0.4 is 0 Å². The molecule has 66 valence electrons. The maximum Gasteiger partial charge on any atom is -0.0225 e. The lowest BCUT2D eigenvalue weighted by Gasteiger charge is -2.01. The molecule has 0 rings (SSSR count). The quantitative estimate of drug-likeness (QED) is 0.535. The summed E-state index contributed by atoms with van der Waals surface area (Å²) in [6.07, 6.45) is 5.35. The highest BCUT2D eigenvalue weighted by atomic mass is 14.0. The van der Waals surface area contributed by atoms with E-state index in [4.69, 9.17) is 0 Å². The van der Waals surface area contributed by atoms with E-state index in [0.717, 1.165) is 6.42 Å². The minimum Gasteiger partial charge on any atom is -0.0956 e. The summed E-state index contributed by atoms with van der Waals surface area (Å²) >= 11 is 0. The van der Waals surface area contributed by atoms with Crippen LogP contribution in [0.1, 0.15) is 41.0 Å². The summed E-state index contributed by atoms with van der Waals surface area (Å²) in [5, 5.41) is 0. The second-order valence-corrected chi connectivity index (χ2v) is 2.54. The highest BCUT2D eigenvalue weighted by Crippen LogP contribution is 2.07. The van der Waals surface area contributed by atoms with Crippen LogP contribution in [0.3, 0.4) is 0 Å². The Balaban J connectivity index is 0.